The predicted molar refractivity (Wildman–Crippen MR) is 75.1 cm³/mol. The number of hydrogen-bond donors (Lipinski definition) is 0. The highest BCUT2D eigenvalue weighted by Gasteiger charge is 2.32. The van der Waals surface area contributed by atoms with Crippen molar-refractivity contribution in [3.63, 3.8) is 0 Å². The SMILES string of the molecule is CCOc1ccc(-c2cccc(C=O)c2)cc1OC(F)(F)F. The molecule has 0 aliphatic rings. The zero-order chi connectivity index (χ0) is 16.2. The largest absolute Gasteiger partial charge is 0.573 e. The molecule has 116 valence electrons. The third kappa shape index (κ3) is 4.00. The first kappa shape index (κ1) is 15.9. The van der Waals surface area contributed by atoms with E-state index in [1.165, 1.54) is 12.1 Å². The average molecular weight is 310 g/mol. The van der Waals surface area contributed by atoms with Gasteiger partial charge in [0.25, 0.3) is 0 Å². The molecule has 0 aliphatic carbocycles. The third-order valence-corrected chi connectivity index (χ3v) is 2.83. The molecule has 0 fully saturated rings. The molecule has 0 amide bonds. The molecule has 6 heteroatoms. The molecule has 0 N–H and O–H groups in total. The van der Waals surface area contributed by atoms with Crippen LogP contribution in [0, 0.1) is 0 Å². The number of halogens is 3. The molecule has 2 aromatic carbocycles. The Morgan fingerprint density at radius 1 is 1.05 bits per heavy atom. The summed E-state index contributed by atoms with van der Waals surface area (Å²) in [5, 5.41) is 0. The van der Waals surface area contributed by atoms with Crippen LogP contribution in [0.4, 0.5) is 13.2 Å². The van der Waals surface area contributed by atoms with Gasteiger partial charge in [0.15, 0.2) is 11.5 Å². The highest BCUT2D eigenvalue weighted by molar-refractivity contribution is 5.79. The lowest BCUT2D eigenvalue weighted by Crippen LogP contribution is -2.17. The van der Waals surface area contributed by atoms with Gasteiger partial charge in [-0.3, -0.25) is 4.79 Å². The van der Waals surface area contributed by atoms with Crippen LogP contribution in [0.1, 0.15) is 17.3 Å². The average Bonchev–Trinajstić information content (AvgIpc) is 2.48. The quantitative estimate of drug-likeness (QED) is 0.765. The summed E-state index contributed by atoms with van der Waals surface area (Å²) < 4.78 is 46.6. The van der Waals surface area contributed by atoms with Gasteiger partial charge in [0, 0.05) is 5.56 Å². The Labute approximate surface area is 125 Å². The molecular weight excluding hydrogens is 297 g/mol. The van der Waals surface area contributed by atoms with Crippen LogP contribution in [0.3, 0.4) is 0 Å². The number of benzene rings is 2. The van der Waals surface area contributed by atoms with Gasteiger partial charge in [0.1, 0.15) is 6.29 Å². The maximum Gasteiger partial charge on any atom is 0.573 e. The fourth-order valence-electron chi connectivity index (χ4n) is 1.96. The number of carbonyl (C=O) groups excluding carboxylic acids is 1. The van der Waals surface area contributed by atoms with Gasteiger partial charge in [0.05, 0.1) is 6.61 Å². The van der Waals surface area contributed by atoms with Gasteiger partial charge in [-0.25, -0.2) is 0 Å². The van der Waals surface area contributed by atoms with E-state index in [4.69, 9.17) is 4.74 Å². The van der Waals surface area contributed by atoms with E-state index in [2.05, 4.69) is 4.74 Å². The molecule has 0 unspecified atom stereocenters. The fraction of sp³-hybridized carbons (Fsp3) is 0.188. The molecule has 0 spiro atoms. The lowest BCUT2D eigenvalue weighted by molar-refractivity contribution is -0.275. The Morgan fingerprint density at radius 3 is 2.41 bits per heavy atom. The van der Waals surface area contributed by atoms with Crippen molar-refractivity contribution in [2.24, 2.45) is 0 Å². The summed E-state index contributed by atoms with van der Waals surface area (Å²) in [6, 6.07) is 10.8. The molecule has 2 rings (SSSR count). The first-order valence-electron chi connectivity index (χ1n) is 6.51. The van der Waals surface area contributed by atoms with Crippen LogP contribution in [-0.4, -0.2) is 19.3 Å². The molecule has 0 aliphatic heterocycles. The summed E-state index contributed by atoms with van der Waals surface area (Å²) >= 11 is 0. The van der Waals surface area contributed by atoms with Gasteiger partial charge >= 0.3 is 6.36 Å². The number of ether oxygens (including phenoxy) is 2. The number of rotatable bonds is 5. The second-order valence-corrected chi connectivity index (χ2v) is 4.39. The lowest BCUT2D eigenvalue weighted by Gasteiger charge is -2.15. The van der Waals surface area contributed by atoms with Crippen molar-refractivity contribution in [3.05, 3.63) is 48.0 Å². The van der Waals surface area contributed by atoms with E-state index < -0.39 is 12.1 Å². The van der Waals surface area contributed by atoms with Crippen LogP contribution in [0.15, 0.2) is 42.5 Å². The van der Waals surface area contributed by atoms with Gasteiger partial charge in [-0.15, -0.1) is 13.2 Å². The third-order valence-electron chi connectivity index (χ3n) is 2.83. The van der Waals surface area contributed by atoms with Gasteiger partial charge in [-0.05, 0) is 36.2 Å². The lowest BCUT2D eigenvalue weighted by atomic mass is 10.0. The molecule has 0 aromatic heterocycles. The van der Waals surface area contributed by atoms with E-state index in [0.717, 1.165) is 0 Å². The van der Waals surface area contributed by atoms with Crippen LogP contribution in [-0.2, 0) is 0 Å². The Morgan fingerprint density at radius 2 is 1.77 bits per heavy atom. The second-order valence-electron chi connectivity index (χ2n) is 4.39. The van der Waals surface area contributed by atoms with Crippen molar-refractivity contribution >= 4 is 6.29 Å². The molecule has 0 atom stereocenters. The molecule has 22 heavy (non-hydrogen) atoms. The molecule has 0 heterocycles. The first-order chi connectivity index (χ1) is 10.4. The summed E-state index contributed by atoms with van der Waals surface area (Å²) in [6.07, 6.45) is -4.14. The Balaban J connectivity index is 2.44. The highest BCUT2D eigenvalue weighted by atomic mass is 19.4. The summed E-state index contributed by atoms with van der Waals surface area (Å²) in [4.78, 5) is 10.8. The monoisotopic (exact) mass is 310 g/mol. The minimum Gasteiger partial charge on any atom is -0.490 e. The van der Waals surface area contributed by atoms with Gasteiger partial charge in [-0.2, -0.15) is 0 Å². The molecule has 0 saturated heterocycles. The normalized spacial score (nSPS) is 11.1. The van der Waals surface area contributed by atoms with Gasteiger partial charge in [0.2, 0.25) is 0 Å². The summed E-state index contributed by atoms with van der Waals surface area (Å²) in [6.45, 7) is 1.88. The zero-order valence-corrected chi connectivity index (χ0v) is 11.7. The number of aldehydes is 1. The summed E-state index contributed by atoms with van der Waals surface area (Å²) in [5.74, 6) is -0.404. The van der Waals surface area contributed by atoms with E-state index >= 15 is 0 Å². The van der Waals surface area contributed by atoms with E-state index in [1.54, 1.807) is 37.3 Å². The topological polar surface area (TPSA) is 35.5 Å². The van der Waals surface area contributed by atoms with Gasteiger partial charge < -0.3 is 9.47 Å². The molecule has 2 aromatic rings. The number of alkyl halides is 3. The molecular formula is C16H13F3O3. The van der Waals surface area contributed by atoms with Crippen molar-refractivity contribution in [2.75, 3.05) is 6.61 Å². The number of hydrogen-bond acceptors (Lipinski definition) is 3. The van der Waals surface area contributed by atoms with E-state index in [9.17, 15) is 18.0 Å². The maximum absolute atomic E-state index is 12.5. The molecule has 3 nitrogen and oxygen atoms in total. The van der Waals surface area contributed by atoms with E-state index in [-0.39, 0.29) is 12.4 Å². The van der Waals surface area contributed by atoms with Crippen LogP contribution in [0.5, 0.6) is 11.5 Å². The van der Waals surface area contributed by atoms with E-state index in [1.807, 2.05) is 0 Å². The molecule has 0 radical (unpaired) electrons. The Hall–Kier alpha value is -2.50. The number of carbonyl (C=O) groups is 1. The van der Waals surface area contributed by atoms with Crippen molar-refractivity contribution in [2.45, 2.75) is 13.3 Å². The van der Waals surface area contributed by atoms with Crippen molar-refractivity contribution < 1.29 is 27.4 Å². The second kappa shape index (κ2) is 6.51. The summed E-state index contributed by atoms with van der Waals surface area (Å²) in [5.41, 5.74) is 1.54. The van der Waals surface area contributed by atoms with Crippen molar-refractivity contribution in [1.29, 1.82) is 0 Å². The molecule has 0 bridgehead atoms. The van der Waals surface area contributed by atoms with Crippen LogP contribution in [0.25, 0.3) is 11.1 Å². The minimum absolute atomic E-state index is 0.00937. The van der Waals surface area contributed by atoms with Crippen LogP contribution >= 0.6 is 0 Å². The highest BCUT2D eigenvalue weighted by Crippen LogP contribution is 2.36. The van der Waals surface area contributed by atoms with Gasteiger partial charge in [-0.1, -0.05) is 24.3 Å². The smallest absolute Gasteiger partial charge is 0.490 e. The van der Waals surface area contributed by atoms with Crippen molar-refractivity contribution in [3.8, 4) is 22.6 Å². The Kier molecular flexibility index (Phi) is 4.70. The Bertz CT molecular complexity index is 666. The molecule has 0 saturated carbocycles. The maximum atomic E-state index is 12.5. The van der Waals surface area contributed by atoms with Crippen LogP contribution in [0.2, 0.25) is 0 Å². The van der Waals surface area contributed by atoms with Crippen molar-refractivity contribution in [1.82, 2.24) is 0 Å². The van der Waals surface area contributed by atoms with Crippen LogP contribution < -0.4 is 9.47 Å². The van der Waals surface area contributed by atoms with E-state index in [0.29, 0.717) is 23.0 Å². The minimum atomic E-state index is -4.81. The fourth-order valence-corrected chi connectivity index (χ4v) is 1.96. The predicted octanol–water partition coefficient (Wildman–Crippen LogP) is 4.46. The standard InChI is InChI=1S/C16H13F3O3/c1-2-21-14-7-6-13(9-15(14)22-16(17,18)19)12-5-3-4-11(8-12)10-20/h3-10H,2H2,1H3. The zero-order valence-electron chi connectivity index (χ0n) is 11.7. The first-order valence-corrected chi connectivity index (χ1v) is 6.51. The summed E-state index contributed by atoms with van der Waals surface area (Å²) in [7, 11) is 0.